The molecule has 0 radical (unpaired) electrons. The maximum Gasteiger partial charge on any atom is 0.291 e. The molecule has 0 saturated heterocycles. The minimum Gasteiger partial charge on any atom is -0.508 e. The Hall–Kier alpha value is -3.93. The second-order valence-corrected chi connectivity index (χ2v) is 7.73. The van der Waals surface area contributed by atoms with Crippen LogP contribution in [0, 0.1) is 12.7 Å². The molecule has 31 heavy (non-hydrogen) atoms. The van der Waals surface area contributed by atoms with Crippen LogP contribution in [0.2, 0.25) is 0 Å². The smallest absolute Gasteiger partial charge is 0.291 e. The van der Waals surface area contributed by atoms with Gasteiger partial charge >= 0.3 is 0 Å². The summed E-state index contributed by atoms with van der Waals surface area (Å²) >= 11 is 0. The summed E-state index contributed by atoms with van der Waals surface area (Å²) in [5.74, 6) is -1.02. The topological polar surface area (TPSA) is 70.8 Å². The molecular weight excluding hydrogens is 397 g/mol. The van der Waals surface area contributed by atoms with E-state index in [9.17, 15) is 19.1 Å². The number of aromatic hydroxyl groups is 1. The number of carbonyl (C=O) groups excluding carboxylic acids is 1. The van der Waals surface area contributed by atoms with Crippen LogP contribution in [-0.4, -0.2) is 15.9 Å². The van der Waals surface area contributed by atoms with Crippen molar-refractivity contribution in [3.8, 4) is 5.75 Å². The third-order valence-corrected chi connectivity index (χ3v) is 5.59. The van der Waals surface area contributed by atoms with Crippen molar-refractivity contribution < 1.29 is 18.7 Å². The number of carbonyl (C=O) groups is 1. The first kappa shape index (κ1) is 19.1. The summed E-state index contributed by atoms with van der Waals surface area (Å²) in [6.45, 7) is 2.22. The number of fused-ring (bicyclic) bond motifs is 2. The third-order valence-electron chi connectivity index (χ3n) is 5.59. The Morgan fingerprint density at radius 2 is 1.81 bits per heavy atom. The Labute approximate surface area is 177 Å². The summed E-state index contributed by atoms with van der Waals surface area (Å²) < 4.78 is 19.6. The van der Waals surface area contributed by atoms with E-state index < -0.39 is 23.2 Å². The highest BCUT2D eigenvalue weighted by Crippen LogP contribution is 2.39. The van der Waals surface area contributed by atoms with Crippen LogP contribution in [0.3, 0.4) is 0 Å². The number of halogens is 1. The average Bonchev–Trinajstić information content (AvgIpc) is 3.02. The van der Waals surface area contributed by atoms with E-state index >= 15 is 0 Å². The molecule has 0 saturated carbocycles. The summed E-state index contributed by atoms with van der Waals surface area (Å²) in [6.07, 6.45) is 0. The largest absolute Gasteiger partial charge is 0.508 e. The molecule has 2 heterocycles. The van der Waals surface area contributed by atoms with Crippen LogP contribution < -0.4 is 5.43 Å². The van der Waals surface area contributed by atoms with E-state index in [1.807, 2.05) is 31.2 Å². The van der Waals surface area contributed by atoms with Crippen LogP contribution in [-0.2, 0) is 6.54 Å². The van der Waals surface area contributed by atoms with E-state index in [1.54, 1.807) is 17.0 Å². The quantitative estimate of drug-likeness (QED) is 0.527. The van der Waals surface area contributed by atoms with Crippen molar-refractivity contribution in [3.05, 3.63) is 111 Å². The molecular formula is C25H18FNO4. The molecule has 1 unspecified atom stereocenters. The fraction of sp³-hybridized carbons (Fsp3) is 0.120. The number of aryl methyl sites for hydroxylation is 1. The van der Waals surface area contributed by atoms with Crippen molar-refractivity contribution in [2.75, 3.05) is 0 Å². The Morgan fingerprint density at radius 1 is 1.03 bits per heavy atom. The van der Waals surface area contributed by atoms with Gasteiger partial charge in [0.25, 0.3) is 5.91 Å². The fourth-order valence-corrected chi connectivity index (χ4v) is 4.09. The summed E-state index contributed by atoms with van der Waals surface area (Å²) in [5.41, 5.74) is 2.41. The van der Waals surface area contributed by atoms with Gasteiger partial charge in [-0.3, -0.25) is 9.59 Å². The van der Waals surface area contributed by atoms with E-state index in [-0.39, 0.29) is 34.6 Å². The van der Waals surface area contributed by atoms with E-state index in [0.717, 1.165) is 17.2 Å². The van der Waals surface area contributed by atoms with Crippen molar-refractivity contribution >= 4 is 16.9 Å². The zero-order valence-electron chi connectivity index (χ0n) is 16.6. The minimum atomic E-state index is -0.764. The van der Waals surface area contributed by atoms with Gasteiger partial charge in [-0.05, 0) is 48.4 Å². The maximum atomic E-state index is 13.8. The molecule has 1 N–H and O–H groups in total. The fourth-order valence-electron chi connectivity index (χ4n) is 4.09. The van der Waals surface area contributed by atoms with Crippen molar-refractivity contribution in [1.29, 1.82) is 0 Å². The normalized spacial score (nSPS) is 15.5. The molecule has 3 aromatic carbocycles. The maximum absolute atomic E-state index is 13.8. The number of nitrogens with zero attached hydrogens (tertiary/aromatic N) is 1. The van der Waals surface area contributed by atoms with Crippen LogP contribution in [0.5, 0.6) is 5.75 Å². The number of hydrogen-bond donors (Lipinski definition) is 1. The molecule has 1 atom stereocenters. The minimum absolute atomic E-state index is 0.0184. The average molecular weight is 415 g/mol. The molecule has 1 aromatic heterocycles. The van der Waals surface area contributed by atoms with Crippen LogP contribution in [0.1, 0.15) is 38.9 Å². The first-order valence-corrected chi connectivity index (χ1v) is 9.84. The Bertz CT molecular complexity index is 1390. The first-order valence-electron chi connectivity index (χ1n) is 9.84. The van der Waals surface area contributed by atoms with Crippen LogP contribution in [0.4, 0.5) is 4.39 Å². The van der Waals surface area contributed by atoms with Crippen molar-refractivity contribution in [3.63, 3.8) is 0 Å². The molecule has 1 aliphatic rings. The highest BCUT2D eigenvalue weighted by Gasteiger charge is 2.42. The Morgan fingerprint density at radius 3 is 2.55 bits per heavy atom. The summed E-state index contributed by atoms with van der Waals surface area (Å²) in [4.78, 5) is 28.3. The molecule has 1 amide bonds. The second-order valence-electron chi connectivity index (χ2n) is 7.73. The van der Waals surface area contributed by atoms with Gasteiger partial charge in [-0.2, -0.15) is 0 Å². The molecule has 0 fully saturated rings. The van der Waals surface area contributed by atoms with E-state index in [0.29, 0.717) is 5.56 Å². The number of hydrogen-bond acceptors (Lipinski definition) is 4. The predicted octanol–water partition coefficient (Wildman–Crippen LogP) is 4.69. The molecule has 5 rings (SSSR count). The number of rotatable bonds is 3. The Balaban J connectivity index is 1.73. The SMILES string of the molecule is Cc1ccc(CN2C(=O)c3oc4ccc(F)cc4c(=O)c3C2c2cccc(O)c2)cc1. The number of benzene rings is 3. The van der Waals surface area contributed by atoms with Gasteiger partial charge in [0.15, 0.2) is 5.43 Å². The standard InChI is InChI=1S/C25H18FNO4/c1-14-5-7-15(8-6-14)13-27-22(16-3-2-4-18(28)11-16)21-23(29)19-12-17(26)9-10-20(19)31-24(21)25(27)30/h2-12,22,28H,13H2,1H3. The number of amides is 1. The zero-order valence-corrected chi connectivity index (χ0v) is 16.6. The lowest BCUT2D eigenvalue weighted by Crippen LogP contribution is -2.29. The van der Waals surface area contributed by atoms with Crippen molar-refractivity contribution in [2.45, 2.75) is 19.5 Å². The highest BCUT2D eigenvalue weighted by molar-refractivity contribution is 5.99. The predicted molar refractivity (Wildman–Crippen MR) is 113 cm³/mol. The first-order chi connectivity index (χ1) is 14.9. The van der Waals surface area contributed by atoms with Crippen molar-refractivity contribution in [2.24, 2.45) is 0 Å². The molecule has 1 aliphatic heterocycles. The van der Waals surface area contributed by atoms with Crippen LogP contribution in [0.15, 0.2) is 75.9 Å². The molecule has 0 spiro atoms. The molecule has 5 nitrogen and oxygen atoms in total. The van der Waals surface area contributed by atoms with Gasteiger partial charge in [0.1, 0.15) is 17.1 Å². The van der Waals surface area contributed by atoms with E-state index in [2.05, 4.69) is 0 Å². The molecule has 6 heteroatoms. The van der Waals surface area contributed by atoms with Crippen LogP contribution in [0.25, 0.3) is 11.0 Å². The Kier molecular flexibility index (Phi) is 4.36. The lowest BCUT2D eigenvalue weighted by Gasteiger charge is -2.25. The lowest BCUT2D eigenvalue weighted by molar-refractivity contribution is 0.0714. The van der Waals surface area contributed by atoms with Gasteiger partial charge in [0.2, 0.25) is 5.76 Å². The lowest BCUT2D eigenvalue weighted by atomic mass is 9.98. The van der Waals surface area contributed by atoms with Crippen LogP contribution >= 0.6 is 0 Å². The molecule has 0 aliphatic carbocycles. The van der Waals surface area contributed by atoms with E-state index in [1.165, 1.54) is 24.3 Å². The van der Waals surface area contributed by atoms with Crippen molar-refractivity contribution in [1.82, 2.24) is 4.90 Å². The summed E-state index contributed by atoms with van der Waals surface area (Å²) in [6, 6.07) is 17.1. The van der Waals surface area contributed by atoms with Gasteiger partial charge in [-0.25, -0.2) is 4.39 Å². The molecule has 0 bridgehead atoms. The number of phenols is 1. The monoisotopic (exact) mass is 415 g/mol. The molecule has 154 valence electrons. The summed E-state index contributed by atoms with van der Waals surface area (Å²) in [5, 5.41) is 10.1. The zero-order chi connectivity index (χ0) is 21.7. The molecule has 4 aromatic rings. The second kappa shape index (κ2) is 7.09. The van der Waals surface area contributed by atoms with Gasteiger partial charge < -0.3 is 14.4 Å². The number of phenolic OH excluding ortho intramolecular Hbond substituents is 1. The van der Waals surface area contributed by atoms with Gasteiger partial charge in [0.05, 0.1) is 17.0 Å². The van der Waals surface area contributed by atoms with Gasteiger partial charge in [-0.15, -0.1) is 0 Å². The van der Waals surface area contributed by atoms with Gasteiger partial charge in [0, 0.05) is 6.54 Å². The van der Waals surface area contributed by atoms with Gasteiger partial charge in [-0.1, -0.05) is 42.0 Å². The van der Waals surface area contributed by atoms with E-state index in [4.69, 9.17) is 4.42 Å². The summed E-state index contributed by atoms with van der Waals surface area (Å²) in [7, 11) is 0. The third kappa shape index (κ3) is 3.17. The highest BCUT2D eigenvalue weighted by atomic mass is 19.1.